The number of hydrogen-bond acceptors (Lipinski definition) is 7. The Bertz CT molecular complexity index is 1470. The number of piperidine rings is 1. The molecule has 3 aromatic carbocycles. The summed E-state index contributed by atoms with van der Waals surface area (Å²) in [5.41, 5.74) is 6.02. The molecule has 210 valence electrons. The second-order valence-corrected chi connectivity index (χ2v) is 10.1. The van der Waals surface area contributed by atoms with Crippen LogP contribution in [0.5, 0.6) is 0 Å². The molecule has 0 amide bonds. The Kier molecular flexibility index (Phi) is 9.06. The van der Waals surface area contributed by atoms with E-state index in [4.69, 9.17) is 14.9 Å². The first-order valence-corrected chi connectivity index (χ1v) is 14.1. The average Bonchev–Trinajstić information content (AvgIpc) is 3.01. The van der Waals surface area contributed by atoms with Gasteiger partial charge in [-0.25, -0.2) is 9.78 Å². The minimum atomic E-state index is -0.493. The lowest BCUT2D eigenvalue weighted by Crippen LogP contribution is -2.36. The fourth-order valence-corrected chi connectivity index (χ4v) is 5.13. The van der Waals surface area contributed by atoms with Gasteiger partial charge in [0.05, 0.1) is 19.3 Å². The Morgan fingerprint density at radius 3 is 2.27 bits per heavy atom. The van der Waals surface area contributed by atoms with Crippen molar-refractivity contribution in [3.05, 3.63) is 108 Å². The van der Waals surface area contributed by atoms with Crippen molar-refractivity contribution in [2.45, 2.75) is 39.4 Å². The number of pyridine rings is 1. The molecular weight excluding hydrogens is 512 g/mol. The van der Waals surface area contributed by atoms with Crippen molar-refractivity contribution in [2.24, 2.45) is 0 Å². The molecule has 5 rings (SSSR count). The van der Waals surface area contributed by atoms with Crippen molar-refractivity contribution in [3.63, 3.8) is 0 Å². The van der Waals surface area contributed by atoms with Crippen LogP contribution < -0.4 is 10.2 Å². The molecule has 7 nitrogen and oxygen atoms in total. The van der Waals surface area contributed by atoms with Gasteiger partial charge in [0.15, 0.2) is 5.69 Å². The topological polar surface area (TPSA) is 87.5 Å². The third-order valence-corrected chi connectivity index (χ3v) is 7.23. The molecule has 0 unspecified atom stereocenters. The zero-order chi connectivity index (χ0) is 28.6. The van der Waals surface area contributed by atoms with Crippen molar-refractivity contribution in [3.8, 4) is 11.1 Å². The number of esters is 1. The summed E-state index contributed by atoms with van der Waals surface area (Å²) in [6, 6.07) is 30.0. The van der Waals surface area contributed by atoms with Crippen LogP contribution in [0.25, 0.3) is 11.1 Å². The molecule has 0 radical (unpaired) electrons. The van der Waals surface area contributed by atoms with Crippen LogP contribution in [-0.4, -0.2) is 42.5 Å². The predicted octanol–water partition coefficient (Wildman–Crippen LogP) is 7.24. The number of aromatic nitrogens is 1. The first-order valence-electron chi connectivity index (χ1n) is 14.1. The number of carbonyl (C=O) groups excluding carboxylic acids is 1. The second-order valence-electron chi connectivity index (χ2n) is 10.1. The summed E-state index contributed by atoms with van der Waals surface area (Å²) >= 11 is 0. The number of anilines is 3. The van der Waals surface area contributed by atoms with E-state index in [9.17, 15) is 4.79 Å². The van der Waals surface area contributed by atoms with Gasteiger partial charge in [-0.1, -0.05) is 60.7 Å². The summed E-state index contributed by atoms with van der Waals surface area (Å²) < 4.78 is 11.4. The summed E-state index contributed by atoms with van der Waals surface area (Å²) in [6.07, 6.45) is 2.22. The van der Waals surface area contributed by atoms with E-state index < -0.39 is 5.97 Å². The van der Waals surface area contributed by atoms with Gasteiger partial charge < -0.3 is 25.1 Å². The van der Waals surface area contributed by atoms with Gasteiger partial charge in [0, 0.05) is 35.7 Å². The Morgan fingerprint density at radius 2 is 1.63 bits per heavy atom. The molecule has 4 aromatic rings. The SMILES string of the molecule is CCOC(=O)c1cc(-c2ccc(N3CCC(OCc4ccccc4)CC3)cc2)c(C(C)=N)c(Nc2ccccc2)n1. The molecule has 0 aliphatic carbocycles. The molecule has 0 bridgehead atoms. The Balaban J connectivity index is 1.36. The number of hydrogen-bond donors (Lipinski definition) is 2. The van der Waals surface area contributed by atoms with Crippen molar-refractivity contribution >= 4 is 28.9 Å². The van der Waals surface area contributed by atoms with Crippen molar-refractivity contribution < 1.29 is 14.3 Å². The number of benzene rings is 3. The van der Waals surface area contributed by atoms with E-state index in [1.165, 1.54) is 5.56 Å². The molecule has 0 spiro atoms. The molecule has 1 aliphatic heterocycles. The Hall–Kier alpha value is -4.49. The summed E-state index contributed by atoms with van der Waals surface area (Å²) in [5, 5.41) is 11.9. The Labute approximate surface area is 241 Å². The van der Waals surface area contributed by atoms with Crippen LogP contribution in [0.1, 0.15) is 48.3 Å². The number of ether oxygens (including phenoxy) is 2. The van der Waals surface area contributed by atoms with Gasteiger partial charge in [0.25, 0.3) is 0 Å². The zero-order valence-electron chi connectivity index (χ0n) is 23.6. The first-order chi connectivity index (χ1) is 20.0. The van der Waals surface area contributed by atoms with Crippen LogP contribution in [0.2, 0.25) is 0 Å². The highest BCUT2D eigenvalue weighted by Gasteiger charge is 2.22. The number of nitrogens with zero attached hydrogens (tertiary/aromatic N) is 2. The lowest BCUT2D eigenvalue weighted by molar-refractivity contribution is 0.0251. The highest BCUT2D eigenvalue weighted by molar-refractivity contribution is 6.08. The quantitative estimate of drug-likeness (QED) is 0.160. The molecule has 1 aromatic heterocycles. The fraction of sp³-hybridized carbons (Fsp3) is 0.265. The maximum Gasteiger partial charge on any atom is 0.357 e. The van der Waals surface area contributed by atoms with Gasteiger partial charge in [-0.15, -0.1) is 0 Å². The summed E-state index contributed by atoms with van der Waals surface area (Å²) in [5.74, 6) is -0.0427. The highest BCUT2D eigenvalue weighted by Crippen LogP contribution is 2.33. The number of para-hydroxylation sites is 1. The number of carbonyl (C=O) groups is 1. The molecule has 1 aliphatic rings. The molecule has 0 saturated carbocycles. The average molecular weight is 549 g/mol. The fourth-order valence-electron chi connectivity index (χ4n) is 5.13. The minimum absolute atomic E-state index is 0.201. The molecule has 41 heavy (non-hydrogen) atoms. The van der Waals surface area contributed by atoms with Crippen molar-refractivity contribution in [1.29, 1.82) is 5.41 Å². The molecular formula is C34H36N4O3. The molecule has 1 fully saturated rings. The molecule has 0 atom stereocenters. The van der Waals surface area contributed by atoms with E-state index in [0.717, 1.165) is 48.4 Å². The van der Waals surface area contributed by atoms with E-state index in [2.05, 4.69) is 51.6 Å². The van der Waals surface area contributed by atoms with Gasteiger partial charge in [-0.2, -0.15) is 0 Å². The second kappa shape index (κ2) is 13.2. The first kappa shape index (κ1) is 28.1. The van der Waals surface area contributed by atoms with Gasteiger partial charge in [0.1, 0.15) is 5.82 Å². The van der Waals surface area contributed by atoms with Crippen molar-refractivity contribution in [1.82, 2.24) is 4.98 Å². The van der Waals surface area contributed by atoms with Gasteiger partial charge >= 0.3 is 5.97 Å². The summed E-state index contributed by atoms with van der Waals surface area (Å²) in [7, 11) is 0. The third-order valence-electron chi connectivity index (χ3n) is 7.23. The monoisotopic (exact) mass is 548 g/mol. The zero-order valence-corrected chi connectivity index (χ0v) is 23.6. The smallest absolute Gasteiger partial charge is 0.357 e. The number of rotatable bonds is 10. The molecule has 7 heteroatoms. The van der Waals surface area contributed by atoms with Crippen molar-refractivity contribution in [2.75, 3.05) is 29.9 Å². The van der Waals surface area contributed by atoms with Crippen LogP contribution in [0.15, 0.2) is 91.0 Å². The maximum absolute atomic E-state index is 12.7. The molecule has 1 saturated heterocycles. The lowest BCUT2D eigenvalue weighted by atomic mass is 9.96. The normalized spacial score (nSPS) is 13.6. The van der Waals surface area contributed by atoms with Gasteiger partial charge in [-0.3, -0.25) is 0 Å². The summed E-state index contributed by atoms with van der Waals surface area (Å²) in [6.45, 7) is 6.27. The summed E-state index contributed by atoms with van der Waals surface area (Å²) in [4.78, 5) is 19.7. The van der Waals surface area contributed by atoms with Crippen LogP contribution >= 0.6 is 0 Å². The van der Waals surface area contributed by atoms with Crippen LogP contribution in [0.3, 0.4) is 0 Å². The van der Waals surface area contributed by atoms with E-state index in [1.807, 2.05) is 48.5 Å². The molecule has 2 heterocycles. The minimum Gasteiger partial charge on any atom is -0.461 e. The maximum atomic E-state index is 12.7. The molecule has 2 N–H and O–H groups in total. The van der Waals surface area contributed by atoms with Gasteiger partial charge in [0.2, 0.25) is 0 Å². The van der Waals surface area contributed by atoms with Crippen LogP contribution in [-0.2, 0) is 16.1 Å². The van der Waals surface area contributed by atoms with Crippen LogP contribution in [0.4, 0.5) is 17.2 Å². The predicted molar refractivity (Wildman–Crippen MR) is 164 cm³/mol. The van der Waals surface area contributed by atoms with E-state index in [1.54, 1.807) is 19.9 Å². The largest absolute Gasteiger partial charge is 0.461 e. The van der Waals surface area contributed by atoms with Gasteiger partial charge in [-0.05, 0) is 73.7 Å². The van der Waals surface area contributed by atoms with E-state index in [0.29, 0.717) is 23.7 Å². The lowest BCUT2D eigenvalue weighted by Gasteiger charge is -2.33. The van der Waals surface area contributed by atoms with Crippen LogP contribution in [0, 0.1) is 5.41 Å². The standard InChI is InChI=1S/C34H36N4O3/c1-3-40-34(39)31-22-30(32(24(2)35)33(37-31)36-27-12-8-5-9-13-27)26-14-16-28(17-15-26)38-20-18-29(19-21-38)41-23-25-10-6-4-7-11-25/h4-17,22,29,35H,3,18-21,23H2,1-2H3,(H,36,37). The highest BCUT2D eigenvalue weighted by atomic mass is 16.5. The van der Waals surface area contributed by atoms with E-state index >= 15 is 0 Å². The van der Waals surface area contributed by atoms with E-state index in [-0.39, 0.29) is 18.4 Å². The Morgan fingerprint density at radius 1 is 0.976 bits per heavy atom. The third kappa shape index (κ3) is 6.99. The number of nitrogens with one attached hydrogen (secondary N) is 2.